The summed E-state index contributed by atoms with van der Waals surface area (Å²) in [4.78, 5) is 6.93. The van der Waals surface area contributed by atoms with Gasteiger partial charge >= 0.3 is 0 Å². The van der Waals surface area contributed by atoms with Crippen molar-refractivity contribution in [2.45, 2.75) is 31.0 Å². The van der Waals surface area contributed by atoms with E-state index in [4.69, 9.17) is 39.5 Å². The van der Waals surface area contributed by atoms with Gasteiger partial charge in [-0.2, -0.15) is 5.26 Å². The molecule has 0 spiro atoms. The van der Waals surface area contributed by atoms with E-state index in [9.17, 15) is 5.26 Å². The van der Waals surface area contributed by atoms with E-state index in [-0.39, 0.29) is 33.4 Å². The molecule has 0 amide bonds. The van der Waals surface area contributed by atoms with Gasteiger partial charge in [0, 0.05) is 30.4 Å². The van der Waals surface area contributed by atoms with Gasteiger partial charge in [-0.15, -0.1) is 5.10 Å². The first-order valence-electron chi connectivity index (χ1n) is 14.9. The molecule has 2 aromatic heterocycles. The van der Waals surface area contributed by atoms with Crippen molar-refractivity contribution in [3.8, 4) is 6.07 Å². The topological polar surface area (TPSA) is 104 Å². The van der Waals surface area contributed by atoms with Gasteiger partial charge in [-0.25, -0.2) is 9.07 Å². The second-order valence-electron chi connectivity index (χ2n) is 11.4. The van der Waals surface area contributed by atoms with E-state index in [0.29, 0.717) is 33.3 Å². The second kappa shape index (κ2) is 13.0. The number of likely N-dealkylation sites (tertiary alicyclic amines) is 1. The number of piperidine rings is 1. The Balaban J connectivity index is 1.22. The van der Waals surface area contributed by atoms with Crippen LogP contribution in [0.4, 0.5) is 21.5 Å². The zero-order valence-corrected chi connectivity index (χ0v) is 26.7. The molecule has 0 saturated carbocycles. The molecular formula is C33H28Cl3FN8O. The first kappa shape index (κ1) is 30.7. The largest absolute Gasteiger partial charge is 0.378 e. The Kier molecular flexibility index (Phi) is 8.68. The van der Waals surface area contributed by atoms with Gasteiger partial charge in [-0.05, 0) is 42.7 Å². The Bertz CT molecular complexity index is 1940. The fourth-order valence-electron chi connectivity index (χ4n) is 6.01. The standard InChI is InChI=1S/C33H28Cl3FN8O/c34-25-6-7-27(30(37)29(25)36)41-31-20(14-38)15-39-33-24(31)12-21(13-26(33)35)40-32(19-4-2-1-3-5-19)28-16-45(43-42-28)22-8-10-44(11-9-22)23-17-46-18-23/h1-7,12-13,15-16,22-23,32,40H,8-11,17-18H2,(H,39,41)/t32-/m0/s1. The summed E-state index contributed by atoms with van der Waals surface area (Å²) in [5.74, 6) is -0.738. The number of aromatic nitrogens is 4. The molecule has 2 aliphatic heterocycles. The van der Waals surface area contributed by atoms with Crippen LogP contribution in [0.1, 0.15) is 41.7 Å². The third-order valence-corrected chi connectivity index (χ3v) is 9.69. The lowest BCUT2D eigenvalue weighted by molar-refractivity contribution is -0.0734. The van der Waals surface area contributed by atoms with Crippen molar-refractivity contribution in [3.63, 3.8) is 0 Å². The number of nitrogens with one attached hydrogen (secondary N) is 2. The van der Waals surface area contributed by atoms with E-state index in [2.05, 4.69) is 36.9 Å². The van der Waals surface area contributed by atoms with Crippen molar-refractivity contribution in [1.29, 1.82) is 5.26 Å². The highest BCUT2D eigenvalue weighted by Crippen LogP contribution is 2.39. The minimum atomic E-state index is -0.738. The summed E-state index contributed by atoms with van der Waals surface area (Å²) in [6, 6.07) is 19.0. The van der Waals surface area contributed by atoms with Crippen LogP contribution in [0.5, 0.6) is 0 Å². The highest BCUT2D eigenvalue weighted by Gasteiger charge is 2.31. The van der Waals surface area contributed by atoms with E-state index in [0.717, 1.165) is 50.4 Å². The number of rotatable bonds is 8. The van der Waals surface area contributed by atoms with Crippen LogP contribution in [0.15, 0.2) is 67.0 Å². The molecule has 1 atom stereocenters. The van der Waals surface area contributed by atoms with Crippen molar-refractivity contribution in [2.75, 3.05) is 36.9 Å². The molecule has 2 fully saturated rings. The van der Waals surface area contributed by atoms with E-state index >= 15 is 4.39 Å². The lowest BCUT2D eigenvalue weighted by Gasteiger charge is -2.41. The molecule has 0 bridgehead atoms. The molecule has 46 heavy (non-hydrogen) atoms. The molecule has 0 aliphatic carbocycles. The third-order valence-electron chi connectivity index (χ3n) is 8.62. The van der Waals surface area contributed by atoms with E-state index < -0.39 is 5.82 Å². The Labute approximate surface area is 279 Å². The molecule has 9 nitrogen and oxygen atoms in total. The molecule has 0 unspecified atom stereocenters. The molecule has 234 valence electrons. The quantitative estimate of drug-likeness (QED) is 0.161. The van der Waals surface area contributed by atoms with Crippen LogP contribution in [-0.2, 0) is 4.74 Å². The van der Waals surface area contributed by atoms with Gasteiger partial charge in [0.1, 0.15) is 11.8 Å². The summed E-state index contributed by atoms with van der Waals surface area (Å²) >= 11 is 18.8. The lowest BCUT2D eigenvalue weighted by atomic mass is 10.0. The van der Waals surface area contributed by atoms with Crippen LogP contribution in [0.2, 0.25) is 15.1 Å². The number of ether oxygens (including phenoxy) is 1. The number of pyridine rings is 1. The Morgan fingerprint density at radius 3 is 2.50 bits per heavy atom. The zero-order chi connectivity index (χ0) is 31.8. The molecule has 5 aromatic rings. The Morgan fingerprint density at radius 2 is 1.78 bits per heavy atom. The number of hydrogen-bond acceptors (Lipinski definition) is 8. The summed E-state index contributed by atoms with van der Waals surface area (Å²) < 4.78 is 22.4. The number of anilines is 3. The zero-order valence-electron chi connectivity index (χ0n) is 24.4. The molecule has 2 N–H and O–H groups in total. The first-order chi connectivity index (χ1) is 22.4. The van der Waals surface area contributed by atoms with E-state index in [1.807, 2.05) is 47.3 Å². The van der Waals surface area contributed by atoms with Crippen LogP contribution in [-0.4, -0.2) is 57.2 Å². The third kappa shape index (κ3) is 5.97. The minimum Gasteiger partial charge on any atom is -0.378 e. The fraction of sp³-hybridized carbons (Fsp3) is 0.273. The van der Waals surface area contributed by atoms with Gasteiger partial charge in [-0.3, -0.25) is 9.88 Å². The summed E-state index contributed by atoms with van der Waals surface area (Å²) in [6.07, 6.45) is 5.39. The van der Waals surface area contributed by atoms with Gasteiger partial charge in [0.25, 0.3) is 0 Å². The predicted octanol–water partition coefficient (Wildman–Crippen LogP) is 7.78. The molecule has 13 heteroatoms. The number of fused-ring (bicyclic) bond motifs is 1. The van der Waals surface area contributed by atoms with Crippen molar-refractivity contribution < 1.29 is 9.13 Å². The summed E-state index contributed by atoms with van der Waals surface area (Å²) in [6.45, 7) is 3.65. The highest BCUT2D eigenvalue weighted by molar-refractivity contribution is 6.42. The average Bonchev–Trinajstić information content (AvgIpc) is 3.54. The van der Waals surface area contributed by atoms with Crippen molar-refractivity contribution in [3.05, 3.63) is 105 Å². The molecule has 7 rings (SSSR count). The number of nitriles is 1. The Hall–Kier alpha value is -3.98. The van der Waals surface area contributed by atoms with Crippen LogP contribution < -0.4 is 10.6 Å². The monoisotopic (exact) mass is 676 g/mol. The van der Waals surface area contributed by atoms with Gasteiger partial charge in [-0.1, -0.05) is 70.3 Å². The molecule has 2 aliphatic rings. The van der Waals surface area contributed by atoms with Gasteiger partial charge < -0.3 is 15.4 Å². The number of nitrogens with zero attached hydrogens (tertiary/aromatic N) is 6. The van der Waals surface area contributed by atoms with Crippen LogP contribution in [0.25, 0.3) is 10.9 Å². The highest BCUT2D eigenvalue weighted by atomic mass is 35.5. The van der Waals surface area contributed by atoms with Crippen LogP contribution >= 0.6 is 34.8 Å². The number of hydrogen-bond donors (Lipinski definition) is 2. The Morgan fingerprint density at radius 1 is 1.00 bits per heavy atom. The number of halogens is 4. The van der Waals surface area contributed by atoms with Crippen molar-refractivity contribution in [1.82, 2.24) is 24.9 Å². The molecule has 0 radical (unpaired) electrons. The SMILES string of the molecule is N#Cc1cnc2c(Cl)cc(N[C@@H](c3ccccc3)c3cn(C4CCN(C5COC5)CC4)nn3)cc2c1Nc1ccc(Cl)c(Cl)c1F. The average molecular weight is 678 g/mol. The smallest absolute Gasteiger partial charge is 0.166 e. The lowest BCUT2D eigenvalue weighted by Crippen LogP contribution is -2.51. The maximum atomic E-state index is 15.1. The van der Waals surface area contributed by atoms with E-state index in [1.54, 1.807) is 6.07 Å². The van der Waals surface area contributed by atoms with Gasteiger partial charge in [0.05, 0.1) is 75.1 Å². The first-order valence-corrected chi connectivity index (χ1v) is 16.0. The maximum absolute atomic E-state index is 15.1. The fourth-order valence-corrected chi connectivity index (χ4v) is 6.59. The van der Waals surface area contributed by atoms with E-state index in [1.165, 1.54) is 18.3 Å². The molecule has 4 heterocycles. The number of benzene rings is 3. The van der Waals surface area contributed by atoms with Crippen LogP contribution in [0.3, 0.4) is 0 Å². The van der Waals surface area contributed by atoms with Crippen molar-refractivity contribution >= 4 is 62.8 Å². The van der Waals surface area contributed by atoms with Crippen molar-refractivity contribution in [2.24, 2.45) is 0 Å². The maximum Gasteiger partial charge on any atom is 0.166 e. The second-order valence-corrected chi connectivity index (χ2v) is 12.6. The molecule has 2 saturated heterocycles. The molecular weight excluding hydrogens is 650 g/mol. The van der Waals surface area contributed by atoms with Gasteiger partial charge in [0.2, 0.25) is 0 Å². The van der Waals surface area contributed by atoms with Crippen LogP contribution in [0, 0.1) is 17.1 Å². The summed E-state index contributed by atoms with van der Waals surface area (Å²) in [5, 5.41) is 26.4. The minimum absolute atomic E-state index is 0.0542. The predicted molar refractivity (Wildman–Crippen MR) is 178 cm³/mol. The summed E-state index contributed by atoms with van der Waals surface area (Å²) in [7, 11) is 0. The van der Waals surface area contributed by atoms with Gasteiger partial charge in [0.15, 0.2) is 5.82 Å². The molecule has 3 aromatic carbocycles. The summed E-state index contributed by atoms with van der Waals surface area (Å²) in [5.41, 5.74) is 3.39. The normalized spacial score (nSPS) is 16.6.